The van der Waals surface area contributed by atoms with Crippen molar-refractivity contribution in [2.75, 3.05) is 0 Å². The molecule has 0 aromatic heterocycles. The van der Waals surface area contributed by atoms with E-state index in [2.05, 4.69) is 0 Å². The Bertz CT molecular complexity index is 198. The van der Waals surface area contributed by atoms with Gasteiger partial charge in [0.15, 0.2) is 0 Å². The molecule has 1 rings (SSSR count). The molecule has 1 fully saturated rings. The Morgan fingerprint density at radius 3 is 2.54 bits per heavy atom. The highest BCUT2D eigenvalue weighted by atomic mass is 19.3. The van der Waals surface area contributed by atoms with Crippen molar-refractivity contribution >= 4 is 6.29 Å². The summed E-state index contributed by atoms with van der Waals surface area (Å²) in [4.78, 5) is 10.9. The number of rotatable bonds is 3. The van der Waals surface area contributed by atoms with Gasteiger partial charge in [-0.1, -0.05) is 13.3 Å². The van der Waals surface area contributed by atoms with Crippen molar-refractivity contribution in [2.45, 2.75) is 45.5 Å². The molecule has 0 saturated heterocycles. The smallest absolute Gasteiger partial charge is 0.246 e. The Kier molecular flexibility index (Phi) is 2.74. The largest absolute Gasteiger partial charge is 0.303 e. The predicted molar refractivity (Wildman–Crippen MR) is 46.8 cm³/mol. The molecule has 2 unspecified atom stereocenters. The molecule has 0 radical (unpaired) electrons. The molecule has 2 atom stereocenters. The summed E-state index contributed by atoms with van der Waals surface area (Å²) in [5.41, 5.74) is -0.752. The van der Waals surface area contributed by atoms with Crippen LogP contribution in [0, 0.1) is 11.3 Å². The Labute approximate surface area is 77.5 Å². The number of alkyl halides is 2. The lowest BCUT2D eigenvalue weighted by Gasteiger charge is -2.30. The van der Waals surface area contributed by atoms with Crippen molar-refractivity contribution in [1.82, 2.24) is 0 Å². The van der Waals surface area contributed by atoms with E-state index in [0.29, 0.717) is 6.42 Å². The van der Waals surface area contributed by atoms with E-state index in [1.807, 2.05) is 6.92 Å². The molecule has 1 saturated carbocycles. The van der Waals surface area contributed by atoms with Crippen LogP contribution >= 0.6 is 0 Å². The molecule has 1 nitrogen and oxygen atoms in total. The lowest BCUT2D eigenvalue weighted by molar-refractivity contribution is -0.124. The van der Waals surface area contributed by atoms with Crippen molar-refractivity contribution in [2.24, 2.45) is 11.3 Å². The second kappa shape index (κ2) is 3.35. The summed E-state index contributed by atoms with van der Waals surface area (Å²) in [5, 5.41) is 0. The van der Waals surface area contributed by atoms with Gasteiger partial charge in [0.05, 0.1) is 0 Å². The van der Waals surface area contributed by atoms with Crippen LogP contribution < -0.4 is 0 Å². The second-order valence-electron chi connectivity index (χ2n) is 4.39. The van der Waals surface area contributed by atoms with Crippen LogP contribution in [0.1, 0.15) is 39.5 Å². The summed E-state index contributed by atoms with van der Waals surface area (Å²) in [6.07, 6.45) is 2.89. The monoisotopic (exact) mass is 190 g/mol. The van der Waals surface area contributed by atoms with Gasteiger partial charge in [-0.3, -0.25) is 0 Å². The molecule has 0 N–H and O–H groups in total. The van der Waals surface area contributed by atoms with Gasteiger partial charge >= 0.3 is 0 Å². The molecule has 3 heteroatoms. The van der Waals surface area contributed by atoms with E-state index >= 15 is 0 Å². The van der Waals surface area contributed by atoms with E-state index in [0.717, 1.165) is 26.1 Å². The first-order valence-electron chi connectivity index (χ1n) is 4.74. The van der Waals surface area contributed by atoms with Gasteiger partial charge in [-0.25, -0.2) is 8.78 Å². The second-order valence-corrected chi connectivity index (χ2v) is 4.39. The van der Waals surface area contributed by atoms with Gasteiger partial charge in [0, 0.05) is 11.8 Å². The van der Waals surface area contributed by atoms with E-state index in [9.17, 15) is 13.6 Å². The van der Waals surface area contributed by atoms with Gasteiger partial charge < -0.3 is 4.79 Å². The van der Waals surface area contributed by atoms with E-state index in [-0.39, 0.29) is 12.3 Å². The number of carbonyl (C=O) groups is 1. The summed E-state index contributed by atoms with van der Waals surface area (Å²) >= 11 is 0. The SMILES string of the molecule is CC1CCCC1(C=O)CC(C)(F)F. The van der Waals surface area contributed by atoms with Crippen LogP contribution in [0.25, 0.3) is 0 Å². The first-order chi connectivity index (χ1) is 5.90. The fraction of sp³-hybridized carbons (Fsp3) is 0.900. The van der Waals surface area contributed by atoms with Crippen LogP contribution in [0.15, 0.2) is 0 Å². The van der Waals surface area contributed by atoms with Crippen molar-refractivity contribution < 1.29 is 13.6 Å². The highest BCUT2D eigenvalue weighted by Gasteiger charge is 2.45. The number of halogens is 2. The number of aldehydes is 1. The van der Waals surface area contributed by atoms with E-state index in [4.69, 9.17) is 0 Å². The zero-order valence-electron chi connectivity index (χ0n) is 8.15. The van der Waals surface area contributed by atoms with Crippen molar-refractivity contribution in [3.05, 3.63) is 0 Å². The summed E-state index contributed by atoms with van der Waals surface area (Å²) in [7, 11) is 0. The molecular formula is C10H16F2O. The molecule has 13 heavy (non-hydrogen) atoms. The average Bonchev–Trinajstić information content (AvgIpc) is 2.30. The lowest BCUT2D eigenvalue weighted by atomic mass is 9.76. The first kappa shape index (κ1) is 10.6. The van der Waals surface area contributed by atoms with Gasteiger partial charge in [-0.15, -0.1) is 0 Å². The first-order valence-corrected chi connectivity index (χ1v) is 4.74. The Morgan fingerprint density at radius 1 is 1.62 bits per heavy atom. The van der Waals surface area contributed by atoms with E-state index in [1.54, 1.807) is 0 Å². The quantitative estimate of drug-likeness (QED) is 0.625. The molecule has 0 amide bonds. The number of hydrogen-bond donors (Lipinski definition) is 0. The highest BCUT2D eigenvalue weighted by molar-refractivity contribution is 5.60. The zero-order valence-corrected chi connectivity index (χ0v) is 8.15. The van der Waals surface area contributed by atoms with Crippen LogP contribution in [-0.2, 0) is 4.79 Å². The fourth-order valence-corrected chi connectivity index (χ4v) is 2.33. The van der Waals surface area contributed by atoms with Crippen LogP contribution in [0.3, 0.4) is 0 Å². The molecule has 0 aliphatic heterocycles. The summed E-state index contributed by atoms with van der Waals surface area (Å²) in [5.74, 6) is -2.62. The molecule has 0 heterocycles. The Morgan fingerprint density at radius 2 is 2.23 bits per heavy atom. The fourth-order valence-electron chi connectivity index (χ4n) is 2.33. The molecule has 1 aliphatic carbocycles. The summed E-state index contributed by atoms with van der Waals surface area (Å²) in [6.45, 7) is 2.79. The minimum atomic E-state index is -2.72. The maximum absolute atomic E-state index is 12.8. The summed E-state index contributed by atoms with van der Waals surface area (Å²) < 4.78 is 25.6. The summed E-state index contributed by atoms with van der Waals surface area (Å²) in [6, 6.07) is 0. The third kappa shape index (κ3) is 2.26. The van der Waals surface area contributed by atoms with Gasteiger partial charge in [0.25, 0.3) is 0 Å². The maximum atomic E-state index is 12.8. The highest BCUT2D eigenvalue weighted by Crippen LogP contribution is 2.47. The molecule has 76 valence electrons. The van der Waals surface area contributed by atoms with Crippen molar-refractivity contribution in [3.63, 3.8) is 0 Å². The molecular weight excluding hydrogens is 174 g/mol. The topological polar surface area (TPSA) is 17.1 Å². The van der Waals surface area contributed by atoms with Gasteiger partial charge in [-0.05, 0) is 25.7 Å². The zero-order chi connectivity index (χ0) is 10.1. The number of carbonyl (C=O) groups excluding carboxylic acids is 1. The van der Waals surface area contributed by atoms with E-state index < -0.39 is 11.3 Å². The Hall–Kier alpha value is -0.470. The molecule has 0 aromatic carbocycles. The van der Waals surface area contributed by atoms with Crippen LogP contribution in [-0.4, -0.2) is 12.2 Å². The lowest BCUT2D eigenvalue weighted by Crippen LogP contribution is -2.32. The van der Waals surface area contributed by atoms with Crippen LogP contribution in [0.2, 0.25) is 0 Å². The minimum Gasteiger partial charge on any atom is -0.303 e. The third-order valence-electron chi connectivity index (χ3n) is 3.14. The van der Waals surface area contributed by atoms with Crippen LogP contribution in [0.4, 0.5) is 8.78 Å². The molecule has 0 spiro atoms. The number of hydrogen-bond acceptors (Lipinski definition) is 1. The predicted octanol–water partition coefficient (Wildman–Crippen LogP) is 3.04. The molecule has 0 bridgehead atoms. The standard InChI is InChI=1S/C10H16F2O/c1-8-4-3-5-10(8,7-13)6-9(2,11)12/h7-8H,3-6H2,1-2H3. The van der Waals surface area contributed by atoms with Gasteiger partial charge in [0.1, 0.15) is 6.29 Å². The van der Waals surface area contributed by atoms with E-state index in [1.165, 1.54) is 0 Å². The Balaban J connectivity index is 2.76. The van der Waals surface area contributed by atoms with Crippen LogP contribution in [0.5, 0.6) is 0 Å². The van der Waals surface area contributed by atoms with Gasteiger partial charge in [-0.2, -0.15) is 0 Å². The molecule has 0 aromatic rings. The van der Waals surface area contributed by atoms with Crippen molar-refractivity contribution in [3.8, 4) is 0 Å². The van der Waals surface area contributed by atoms with Crippen molar-refractivity contribution in [1.29, 1.82) is 0 Å². The normalized spacial score (nSPS) is 34.9. The maximum Gasteiger partial charge on any atom is 0.246 e. The average molecular weight is 190 g/mol. The third-order valence-corrected chi connectivity index (χ3v) is 3.14. The minimum absolute atomic E-state index is 0.107. The molecule has 1 aliphatic rings. The van der Waals surface area contributed by atoms with Gasteiger partial charge in [0.2, 0.25) is 5.92 Å².